The van der Waals surface area contributed by atoms with Crippen molar-refractivity contribution >= 4 is 0 Å². The van der Waals surface area contributed by atoms with Crippen molar-refractivity contribution in [1.29, 1.82) is 0 Å². The summed E-state index contributed by atoms with van der Waals surface area (Å²) in [4.78, 5) is 4.95. The van der Waals surface area contributed by atoms with E-state index < -0.39 is 12.6 Å². The molecule has 0 bridgehead atoms. The molecule has 6 heterocycles. The molecule has 0 aromatic heterocycles. The number of ether oxygens (including phenoxy) is 8. The summed E-state index contributed by atoms with van der Waals surface area (Å²) in [6, 6.07) is 26.3. The average molecular weight is 587 g/mol. The minimum absolute atomic E-state index is 0.0128. The fourth-order valence-electron chi connectivity index (χ4n) is 7.70. The molecular formula is C33H34N2O8. The third-order valence-corrected chi connectivity index (χ3v) is 9.64. The molecule has 0 N–H and O–H groups in total. The molecule has 4 saturated heterocycles. The number of hydrogen-bond donors (Lipinski definition) is 0. The highest BCUT2D eigenvalue weighted by molar-refractivity contribution is 5.42. The van der Waals surface area contributed by atoms with Crippen LogP contribution in [0.25, 0.3) is 0 Å². The maximum Gasteiger partial charge on any atom is 0.175 e. The fraction of sp³-hybridized carbons (Fsp3) is 0.455. The molecule has 0 radical (unpaired) electrons. The highest BCUT2D eigenvalue weighted by Crippen LogP contribution is 2.57. The minimum atomic E-state index is -0.426. The van der Waals surface area contributed by atoms with Crippen LogP contribution in [0.1, 0.15) is 11.7 Å². The van der Waals surface area contributed by atoms with Crippen molar-refractivity contribution in [3.8, 4) is 23.0 Å². The van der Waals surface area contributed by atoms with Crippen LogP contribution in [0.3, 0.4) is 0 Å². The van der Waals surface area contributed by atoms with E-state index in [0.717, 1.165) is 23.0 Å². The highest BCUT2D eigenvalue weighted by atomic mass is 16.7. The Kier molecular flexibility index (Phi) is 6.11. The van der Waals surface area contributed by atoms with Crippen molar-refractivity contribution in [2.24, 2.45) is 0 Å². The lowest BCUT2D eigenvalue weighted by Crippen LogP contribution is -2.50. The molecule has 0 aliphatic carbocycles. The van der Waals surface area contributed by atoms with Gasteiger partial charge in [-0.05, 0) is 29.8 Å². The molecule has 6 aliphatic rings. The van der Waals surface area contributed by atoms with E-state index in [1.165, 1.54) is 5.56 Å². The SMILES string of the molecule is COC1OC2COc3ccccc3OC2C2C1N2C(c1ccccc1)N1C2C(OC)OC3COc4ccccc4OC3C21. The Labute approximate surface area is 249 Å². The van der Waals surface area contributed by atoms with Gasteiger partial charge in [0, 0.05) is 14.2 Å². The van der Waals surface area contributed by atoms with E-state index in [4.69, 9.17) is 37.9 Å². The van der Waals surface area contributed by atoms with Gasteiger partial charge in [0.1, 0.15) is 37.6 Å². The molecular weight excluding hydrogens is 552 g/mol. The van der Waals surface area contributed by atoms with Gasteiger partial charge >= 0.3 is 0 Å². The highest BCUT2D eigenvalue weighted by Gasteiger charge is 2.73. The van der Waals surface area contributed by atoms with Crippen molar-refractivity contribution in [1.82, 2.24) is 9.80 Å². The third-order valence-electron chi connectivity index (χ3n) is 9.64. The standard InChI is InChI=1S/C33H34N2O8/c1-36-32-27-25(29-23(42-32)16-38-19-12-6-8-14-21(19)40-29)34(27)31(18-10-4-3-5-11-18)35-26-28(35)33(37-2)43-24-17-39-20-13-7-9-15-22(20)41-30(24)26/h3-15,23-33H,16-17H2,1-2H3. The third kappa shape index (κ3) is 4.08. The van der Waals surface area contributed by atoms with Crippen LogP contribution in [0.5, 0.6) is 23.0 Å². The Morgan fingerprint density at radius 1 is 0.581 bits per heavy atom. The van der Waals surface area contributed by atoms with Crippen molar-refractivity contribution in [2.75, 3.05) is 27.4 Å². The van der Waals surface area contributed by atoms with Gasteiger partial charge in [-0.2, -0.15) is 0 Å². The van der Waals surface area contributed by atoms with Gasteiger partial charge in [0.25, 0.3) is 0 Å². The monoisotopic (exact) mass is 586 g/mol. The van der Waals surface area contributed by atoms with E-state index in [1.807, 2.05) is 54.6 Å². The first-order valence-electron chi connectivity index (χ1n) is 15.0. The molecule has 12 atom stereocenters. The summed E-state index contributed by atoms with van der Waals surface area (Å²) >= 11 is 0. The second kappa shape index (κ2) is 10.1. The molecule has 9 rings (SSSR count). The first-order valence-corrected chi connectivity index (χ1v) is 15.0. The Hall–Kier alpha value is -3.38. The number of nitrogens with zero attached hydrogens (tertiary/aromatic N) is 2. The summed E-state index contributed by atoms with van der Waals surface area (Å²) in [5, 5.41) is 0. The largest absolute Gasteiger partial charge is 0.487 e. The van der Waals surface area contributed by atoms with E-state index >= 15 is 0 Å². The molecule has 4 fully saturated rings. The first kappa shape index (κ1) is 26.1. The van der Waals surface area contributed by atoms with E-state index in [2.05, 4.69) is 34.1 Å². The van der Waals surface area contributed by atoms with Crippen molar-refractivity contribution in [3.63, 3.8) is 0 Å². The summed E-state index contributed by atoms with van der Waals surface area (Å²) in [6.45, 7) is 0.778. The Balaban J connectivity index is 1.09. The molecule has 6 aliphatic heterocycles. The Morgan fingerprint density at radius 2 is 1.02 bits per heavy atom. The van der Waals surface area contributed by atoms with E-state index in [1.54, 1.807) is 14.2 Å². The molecule has 224 valence electrons. The van der Waals surface area contributed by atoms with Crippen LogP contribution in [0, 0.1) is 0 Å². The number of methoxy groups -OCH3 is 2. The molecule has 0 spiro atoms. The number of hydrogen-bond acceptors (Lipinski definition) is 10. The summed E-state index contributed by atoms with van der Waals surface area (Å²) in [7, 11) is 3.41. The van der Waals surface area contributed by atoms with Gasteiger partial charge in [-0.3, -0.25) is 9.80 Å². The van der Waals surface area contributed by atoms with Crippen LogP contribution in [-0.2, 0) is 18.9 Å². The van der Waals surface area contributed by atoms with Gasteiger partial charge in [0.15, 0.2) is 35.6 Å². The van der Waals surface area contributed by atoms with Gasteiger partial charge in [0.2, 0.25) is 0 Å². The second-order valence-corrected chi connectivity index (χ2v) is 11.9. The maximum atomic E-state index is 6.67. The normalized spacial score (nSPS) is 40.3. The lowest BCUT2D eigenvalue weighted by Gasteiger charge is -2.31. The van der Waals surface area contributed by atoms with Crippen molar-refractivity contribution in [3.05, 3.63) is 84.4 Å². The summed E-state index contributed by atoms with van der Waals surface area (Å²) < 4.78 is 50.5. The second-order valence-electron chi connectivity index (χ2n) is 11.9. The van der Waals surface area contributed by atoms with Crippen LogP contribution in [-0.4, -0.2) is 98.4 Å². The molecule has 3 aromatic carbocycles. The molecule has 3 aromatic rings. The zero-order chi connectivity index (χ0) is 28.7. The topological polar surface area (TPSA) is 79.9 Å². The number of benzene rings is 3. The van der Waals surface area contributed by atoms with E-state index in [0.29, 0.717) is 13.2 Å². The number of fused-ring (bicyclic) bond motifs is 8. The maximum absolute atomic E-state index is 6.67. The molecule has 10 nitrogen and oxygen atoms in total. The minimum Gasteiger partial charge on any atom is -0.487 e. The lowest BCUT2D eigenvalue weighted by atomic mass is 10.0. The Bertz CT molecular complexity index is 1400. The predicted octanol–water partition coefficient (Wildman–Crippen LogP) is 3.21. The van der Waals surface area contributed by atoms with Gasteiger partial charge in [-0.25, -0.2) is 0 Å². The zero-order valence-corrected chi connectivity index (χ0v) is 23.9. The summed E-state index contributed by atoms with van der Waals surface area (Å²) in [5.74, 6) is 2.93. The Morgan fingerprint density at radius 3 is 1.49 bits per heavy atom. The van der Waals surface area contributed by atoms with Crippen LogP contribution in [0.15, 0.2) is 78.9 Å². The molecule has 43 heavy (non-hydrogen) atoms. The van der Waals surface area contributed by atoms with Crippen LogP contribution in [0.2, 0.25) is 0 Å². The average Bonchev–Trinajstić information content (AvgIpc) is 3.96. The van der Waals surface area contributed by atoms with Gasteiger partial charge in [-0.1, -0.05) is 54.6 Å². The van der Waals surface area contributed by atoms with Gasteiger partial charge in [-0.15, -0.1) is 0 Å². The van der Waals surface area contributed by atoms with Gasteiger partial charge < -0.3 is 37.9 Å². The first-order chi connectivity index (χ1) is 21.2. The molecule has 10 heteroatoms. The smallest absolute Gasteiger partial charge is 0.175 e. The summed E-state index contributed by atoms with van der Waals surface area (Å²) in [5.41, 5.74) is 1.17. The van der Waals surface area contributed by atoms with Crippen molar-refractivity contribution in [2.45, 2.75) is 67.3 Å². The molecule has 0 amide bonds. The fourth-order valence-corrected chi connectivity index (χ4v) is 7.70. The zero-order valence-electron chi connectivity index (χ0n) is 23.9. The van der Waals surface area contributed by atoms with E-state index in [9.17, 15) is 0 Å². The number of para-hydroxylation sites is 4. The lowest BCUT2D eigenvalue weighted by molar-refractivity contribution is -0.198. The predicted molar refractivity (Wildman–Crippen MR) is 152 cm³/mol. The van der Waals surface area contributed by atoms with Crippen molar-refractivity contribution < 1.29 is 37.9 Å². The van der Waals surface area contributed by atoms with Crippen LogP contribution in [0.4, 0.5) is 0 Å². The van der Waals surface area contributed by atoms with Crippen LogP contribution < -0.4 is 18.9 Å². The molecule has 12 unspecified atom stereocenters. The quantitative estimate of drug-likeness (QED) is 0.416. The molecule has 0 saturated carbocycles. The number of rotatable bonds is 5. The van der Waals surface area contributed by atoms with E-state index in [-0.39, 0.29) is 54.7 Å². The summed E-state index contributed by atoms with van der Waals surface area (Å²) in [6.07, 6.45) is -1.99. The van der Waals surface area contributed by atoms with Gasteiger partial charge in [0.05, 0.1) is 30.3 Å². The van der Waals surface area contributed by atoms with Crippen LogP contribution >= 0.6 is 0 Å².